The fourth-order valence-corrected chi connectivity index (χ4v) is 1.22. The predicted octanol–water partition coefficient (Wildman–Crippen LogP) is 0.391. The SMILES string of the molecule is CCOC(=O)C(Oc1ccc([N+](=O)[O-])cc1)C(N)=O. The molecule has 8 nitrogen and oxygen atoms in total. The number of amides is 1. The summed E-state index contributed by atoms with van der Waals surface area (Å²) in [7, 11) is 0. The summed E-state index contributed by atoms with van der Waals surface area (Å²) >= 11 is 0. The number of benzene rings is 1. The lowest BCUT2D eigenvalue weighted by Gasteiger charge is -2.14. The van der Waals surface area contributed by atoms with Crippen molar-refractivity contribution in [1.82, 2.24) is 0 Å². The van der Waals surface area contributed by atoms with E-state index in [2.05, 4.69) is 4.74 Å². The van der Waals surface area contributed by atoms with Crippen LogP contribution < -0.4 is 10.5 Å². The average Bonchev–Trinajstić information content (AvgIpc) is 2.36. The van der Waals surface area contributed by atoms with Crippen molar-refractivity contribution in [2.75, 3.05) is 6.61 Å². The highest BCUT2D eigenvalue weighted by molar-refractivity contribution is 6.00. The van der Waals surface area contributed by atoms with Crippen LogP contribution in [0.25, 0.3) is 0 Å². The van der Waals surface area contributed by atoms with Crippen molar-refractivity contribution in [2.24, 2.45) is 5.73 Å². The second kappa shape index (κ2) is 6.34. The van der Waals surface area contributed by atoms with Crippen molar-refractivity contribution < 1.29 is 24.0 Å². The molecule has 0 aliphatic heterocycles. The molecule has 2 N–H and O–H groups in total. The van der Waals surface area contributed by atoms with E-state index >= 15 is 0 Å². The smallest absolute Gasteiger partial charge is 0.357 e. The highest BCUT2D eigenvalue weighted by Gasteiger charge is 2.28. The molecule has 0 heterocycles. The zero-order valence-corrected chi connectivity index (χ0v) is 10.1. The first-order valence-corrected chi connectivity index (χ1v) is 5.32. The fourth-order valence-electron chi connectivity index (χ4n) is 1.22. The average molecular weight is 268 g/mol. The van der Waals surface area contributed by atoms with Crippen LogP contribution in [0.1, 0.15) is 6.92 Å². The first-order valence-electron chi connectivity index (χ1n) is 5.32. The summed E-state index contributed by atoms with van der Waals surface area (Å²) in [5, 5.41) is 10.5. The van der Waals surface area contributed by atoms with Crippen LogP contribution >= 0.6 is 0 Å². The van der Waals surface area contributed by atoms with E-state index < -0.39 is 22.9 Å². The maximum absolute atomic E-state index is 11.4. The van der Waals surface area contributed by atoms with Crippen LogP contribution in [0.2, 0.25) is 0 Å². The summed E-state index contributed by atoms with van der Waals surface area (Å²) in [6.07, 6.45) is -1.58. The summed E-state index contributed by atoms with van der Waals surface area (Å²) in [4.78, 5) is 32.4. The molecule has 1 atom stereocenters. The van der Waals surface area contributed by atoms with Gasteiger partial charge >= 0.3 is 5.97 Å². The molecule has 1 unspecified atom stereocenters. The number of carbonyl (C=O) groups is 2. The van der Waals surface area contributed by atoms with Crippen LogP contribution in [0.5, 0.6) is 5.75 Å². The quantitative estimate of drug-likeness (QED) is 0.344. The molecule has 0 aliphatic carbocycles. The lowest BCUT2D eigenvalue weighted by atomic mass is 10.3. The van der Waals surface area contributed by atoms with Crippen LogP contribution in [0, 0.1) is 10.1 Å². The largest absolute Gasteiger partial charge is 0.469 e. The van der Waals surface area contributed by atoms with E-state index in [-0.39, 0.29) is 18.0 Å². The number of nitrogens with zero attached hydrogens (tertiary/aromatic N) is 1. The molecule has 8 heteroatoms. The minimum absolute atomic E-state index is 0.0756. The van der Waals surface area contributed by atoms with Crippen molar-refractivity contribution in [2.45, 2.75) is 13.0 Å². The van der Waals surface area contributed by atoms with Crippen LogP contribution in [-0.2, 0) is 14.3 Å². The monoisotopic (exact) mass is 268 g/mol. The number of nitrogens with two attached hydrogens (primary N) is 1. The van der Waals surface area contributed by atoms with Gasteiger partial charge in [-0.2, -0.15) is 0 Å². The number of carbonyl (C=O) groups excluding carboxylic acids is 2. The molecule has 0 radical (unpaired) electrons. The Labute approximate surface area is 108 Å². The van der Waals surface area contributed by atoms with Crippen molar-refractivity contribution in [3.63, 3.8) is 0 Å². The minimum Gasteiger partial charge on any atom is -0.469 e. The number of primary amides is 1. The Morgan fingerprint density at radius 3 is 2.37 bits per heavy atom. The maximum Gasteiger partial charge on any atom is 0.357 e. The number of ether oxygens (including phenoxy) is 2. The lowest BCUT2D eigenvalue weighted by molar-refractivity contribution is -0.384. The van der Waals surface area contributed by atoms with Gasteiger partial charge in [-0.15, -0.1) is 0 Å². The summed E-state index contributed by atoms with van der Waals surface area (Å²) in [6.45, 7) is 1.65. The maximum atomic E-state index is 11.4. The second-order valence-corrected chi connectivity index (χ2v) is 3.40. The van der Waals surface area contributed by atoms with Gasteiger partial charge in [0.2, 0.25) is 0 Å². The van der Waals surface area contributed by atoms with Gasteiger partial charge in [-0.3, -0.25) is 14.9 Å². The van der Waals surface area contributed by atoms with E-state index in [1.165, 1.54) is 24.3 Å². The molecule has 0 spiro atoms. The van der Waals surface area contributed by atoms with Gasteiger partial charge in [-0.1, -0.05) is 0 Å². The number of nitro groups is 1. The molecule has 1 aromatic carbocycles. The van der Waals surface area contributed by atoms with E-state index in [4.69, 9.17) is 10.5 Å². The Balaban J connectivity index is 2.82. The van der Waals surface area contributed by atoms with E-state index in [0.29, 0.717) is 0 Å². The highest BCUT2D eigenvalue weighted by Crippen LogP contribution is 2.18. The van der Waals surface area contributed by atoms with Gasteiger partial charge in [-0.25, -0.2) is 4.79 Å². The summed E-state index contributed by atoms with van der Waals surface area (Å²) in [5.74, 6) is -1.81. The van der Waals surface area contributed by atoms with Crippen molar-refractivity contribution in [3.8, 4) is 5.75 Å². The van der Waals surface area contributed by atoms with Crippen LogP contribution in [0.4, 0.5) is 5.69 Å². The van der Waals surface area contributed by atoms with Gasteiger partial charge in [0.05, 0.1) is 11.5 Å². The first kappa shape index (κ1) is 14.4. The predicted molar refractivity (Wildman–Crippen MR) is 63.3 cm³/mol. The first-order chi connectivity index (χ1) is 8.95. The van der Waals surface area contributed by atoms with Gasteiger partial charge in [0.25, 0.3) is 17.7 Å². The van der Waals surface area contributed by atoms with E-state index in [9.17, 15) is 19.7 Å². The Bertz CT molecular complexity index is 484. The van der Waals surface area contributed by atoms with Crippen molar-refractivity contribution in [1.29, 1.82) is 0 Å². The molecule has 102 valence electrons. The van der Waals surface area contributed by atoms with E-state index in [1.807, 2.05) is 0 Å². The van der Waals surface area contributed by atoms with Gasteiger partial charge < -0.3 is 15.2 Å². The molecule has 19 heavy (non-hydrogen) atoms. The molecule has 0 saturated carbocycles. The number of non-ortho nitro benzene ring substituents is 1. The zero-order valence-electron chi connectivity index (χ0n) is 10.1. The number of nitro benzene ring substituents is 1. The number of rotatable bonds is 6. The van der Waals surface area contributed by atoms with Crippen molar-refractivity contribution >= 4 is 17.6 Å². The lowest BCUT2D eigenvalue weighted by Crippen LogP contribution is -2.41. The molecule has 0 aliphatic rings. The highest BCUT2D eigenvalue weighted by atomic mass is 16.6. The summed E-state index contributed by atoms with van der Waals surface area (Å²) < 4.78 is 9.68. The van der Waals surface area contributed by atoms with E-state index in [0.717, 1.165) is 0 Å². The third-order valence-electron chi connectivity index (χ3n) is 2.06. The standard InChI is InChI=1S/C11H12N2O6/c1-2-18-11(15)9(10(12)14)19-8-5-3-7(4-6-8)13(16)17/h3-6,9H,2H2,1H3,(H2,12,14). The Kier molecular flexibility index (Phi) is 4.81. The third-order valence-corrected chi connectivity index (χ3v) is 2.06. The van der Waals surface area contributed by atoms with Crippen LogP contribution in [-0.4, -0.2) is 29.5 Å². The Hall–Kier alpha value is -2.64. The number of hydrogen-bond acceptors (Lipinski definition) is 6. The van der Waals surface area contributed by atoms with Gasteiger partial charge in [0.15, 0.2) is 0 Å². The molecule has 1 aromatic rings. The Morgan fingerprint density at radius 2 is 1.95 bits per heavy atom. The molecule has 0 saturated heterocycles. The van der Waals surface area contributed by atoms with Crippen molar-refractivity contribution in [3.05, 3.63) is 34.4 Å². The van der Waals surface area contributed by atoms with Crippen LogP contribution in [0.3, 0.4) is 0 Å². The molecule has 1 amide bonds. The zero-order chi connectivity index (χ0) is 14.4. The molecule has 0 bridgehead atoms. The number of hydrogen-bond donors (Lipinski definition) is 1. The number of esters is 1. The van der Waals surface area contributed by atoms with Gasteiger partial charge in [0, 0.05) is 12.1 Å². The molecule has 0 aromatic heterocycles. The third kappa shape index (κ3) is 3.95. The van der Waals surface area contributed by atoms with Gasteiger partial charge in [-0.05, 0) is 19.1 Å². The molecule has 0 fully saturated rings. The summed E-state index contributed by atoms with van der Waals surface area (Å²) in [6, 6.07) is 4.87. The normalized spacial score (nSPS) is 11.4. The van der Waals surface area contributed by atoms with E-state index in [1.54, 1.807) is 6.92 Å². The topological polar surface area (TPSA) is 122 Å². The second-order valence-electron chi connectivity index (χ2n) is 3.40. The molecular weight excluding hydrogens is 256 g/mol. The summed E-state index contributed by atoms with van der Waals surface area (Å²) in [5.41, 5.74) is 4.88. The minimum atomic E-state index is -1.58. The van der Waals surface area contributed by atoms with Gasteiger partial charge in [0.1, 0.15) is 5.75 Å². The molecular formula is C11H12N2O6. The molecule has 1 rings (SSSR count). The Morgan fingerprint density at radius 1 is 1.37 bits per heavy atom. The van der Waals surface area contributed by atoms with Crippen LogP contribution in [0.15, 0.2) is 24.3 Å². The fraction of sp³-hybridized carbons (Fsp3) is 0.273.